The Labute approximate surface area is 147 Å². The number of aryl methyl sites for hydroxylation is 1. The van der Waals surface area contributed by atoms with Crippen molar-refractivity contribution in [1.82, 2.24) is 4.98 Å². The van der Waals surface area contributed by atoms with Crippen molar-refractivity contribution >= 4 is 44.5 Å². The summed E-state index contributed by atoms with van der Waals surface area (Å²) >= 11 is 3.36. The number of para-hydroxylation sites is 1. The highest BCUT2D eigenvalue weighted by Gasteiger charge is 2.13. The summed E-state index contributed by atoms with van der Waals surface area (Å²) in [7, 11) is 0. The van der Waals surface area contributed by atoms with Crippen molar-refractivity contribution in [2.75, 3.05) is 5.32 Å². The number of halogens is 1. The van der Waals surface area contributed by atoms with Gasteiger partial charge in [0.1, 0.15) is 11.6 Å². The number of aromatic nitrogens is 1. The third kappa shape index (κ3) is 3.24. The van der Waals surface area contributed by atoms with Crippen LogP contribution in [0.4, 0.5) is 5.69 Å². The second kappa shape index (κ2) is 6.73. The second-order valence-corrected chi connectivity index (χ2v) is 6.26. The highest BCUT2D eigenvalue weighted by Crippen LogP contribution is 2.24. The van der Waals surface area contributed by atoms with Crippen LogP contribution in [0.25, 0.3) is 17.0 Å². The first-order valence-corrected chi connectivity index (χ1v) is 8.14. The Morgan fingerprint density at radius 3 is 2.79 bits per heavy atom. The van der Waals surface area contributed by atoms with Gasteiger partial charge in [0.05, 0.1) is 0 Å². The van der Waals surface area contributed by atoms with Crippen molar-refractivity contribution in [1.29, 1.82) is 5.26 Å². The Morgan fingerprint density at radius 2 is 2.04 bits per heavy atom. The van der Waals surface area contributed by atoms with Crippen molar-refractivity contribution in [3.05, 3.63) is 69.8 Å². The van der Waals surface area contributed by atoms with Gasteiger partial charge in [0.25, 0.3) is 5.91 Å². The number of aromatic amines is 1. The number of rotatable bonds is 3. The number of benzene rings is 2. The van der Waals surface area contributed by atoms with Gasteiger partial charge < -0.3 is 10.3 Å². The average Bonchev–Trinajstić information content (AvgIpc) is 2.87. The number of fused-ring (bicyclic) bond motifs is 1. The number of nitriles is 1. The molecule has 0 aliphatic heterocycles. The van der Waals surface area contributed by atoms with Crippen LogP contribution in [0.5, 0.6) is 0 Å². The van der Waals surface area contributed by atoms with Crippen molar-refractivity contribution in [3.8, 4) is 6.07 Å². The molecule has 3 aromatic rings. The van der Waals surface area contributed by atoms with Gasteiger partial charge in [-0.25, -0.2) is 0 Å². The first-order chi connectivity index (χ1) is 11.6. The normalized spacial score (nSPS) is 11.3. The highest BCUT2D eigenvalue weighted by molar-refractivity contribution is 9.10. The van der Waals surface area contributed by atoms with E-state index in [0.717, 1.165) is 26.6 Å². The van der Waals surface area contributed by atoms with Crippen LogP contribution < -0.4 is 5.32 Å². The predicted molar refractivity (Wildman–Crippen MR) is 99.4 cm³/mol. The fourth-order valence-corrected chi connectivity index (χ4v) is 2.94. The van der Waals surface area contributed by atoms with Crippen LogP contribution in [0, 0.1) is 18.3 Å². The zero-order valence-electron chi connectivity index (χ0n) is 12.9. The summed E-state index contributed by atoms with van der Waals surface area (Å²) in [5.74, 6) is -0.430. The van der Waals surface area contributed by atoms with Gasteiger partial charge in [-0.15, -0.1) is 0 Å². The lowest BCUT2D eigenvalue weighted by Crippen LogP contribution is -2.13. The first kappa shape index (κ1) is 16.0. The molecule has 24 heavy (non-hydrogen) atoms. The number of hydrogen-bond donors (Lipinski definition) is 2. The van der Waals surface area contributed by atoms with Gasteiger partial charge >= 0.3 is 0 Å². The lowest BCUT2D eigenvalue weighted by molar-refractivity contribution is -0.112. The van der Waals surface area contributed by atoms with E-state index in [2.05, 4.69) is 26.2 Å². The van der Waals surface area contributed by atoms with Gasteiger partial charge in [-0.3, -0.25) is 4.79 Å². The van der Waals surface area contributed by atoms with Gasteiger partial charge in [0, 0.05) is 32.3 Å². The maximum Gasteiger partial charge on any atom is 0.266 e. The SMILES string of the molecule is Cc1[nH]c2ccccc2c1C=C(C#N)C(=O)Nc1cccc(Br)c1. The molecule has 118 valence electrons. The molecule has 0 saturated heterocycles. The summed E-state index contributed by atoms with van der Waals surface area (Å²) < 4.78 is 0.857. The van der Waals surface area contributed by atoms with E-state index >= 15 is 0 Å². The minimum atomic E-state index is -0.430. The number of anilines is 1. The third-order valence-corrected chi connectivity index (χ3v) is 4.17. The van der Waals surface area contributed by atoms with E-state index < -0.39 is 5.91 Å². The quantitative estimate of drug-likeness (QED) is 0.507. The molecule has 0 radical (unpaired) electrons. The second-order valence-electron chi connectivity index (χ2n) is 5.34. The molecule has 1 aromatic heterocycles. The number of hydrogen-bond acceptors (Lipinski definition) is 2. The van der Waals surface area contributed by atoms with E-state index in [1.807, 2.05) is 49.4 Å². The molecular formula is C19H14BrN3O. The van der Waals surface area contributed by atoms with E-state index in [1.54, 1.807) is 18.2 Å². The fraction of sp³-hybridized carbons (Fsp3) is 0.0526. The average molecular weight is 380 g/mol. The number of nitrogens with one attached hydrogen (secondary N) is 2. The van der Waals surface area contributed by atoms with Gasteiger partial charge in [-0.2, -0.15) is 5.26 Å². The monoisotopic (exact) mass is 379 g/mol. The van der Waals surface area contributed by atoms with E-state index in [0.29, 0.717) is 5.69 Å². The molecule has 4 nitrogen and oxygen atoms in total. The molecule has 2 N–H and O–H groups in total. The number of amides is 1. The minimum absolute atomic E-state index is 0.0582. The van der Waals surface area contributed by atoms with Crippen molar-refractivity contribution < 1.29 is 4.79 Å². The van der Waals surface area contributed by atoms with E-state index in [1.165, 1.54) is 0 Å². The largest absolute Gasteiger partial charge is 0.358 e. The van der Waals surface area contributed by atoms with Crippen LogP contribution in [-0.2, 0) is 4.79 Å². The lowest BCUT2D eigenvalue weighted by Gasteiger charge is -2.05. The van der Waals surface area contributed by atoms with Gasteiger partial charge in [-0.05, 0) is 37.3 Å². The van der Waals surface area contributed by atoms with Crippen molar-refractivity contribution in [3.63, 3.8) is 0 Å². The van der Waals surface area contributed by atoms with Crippen LogP contribution in [-0.4, -0.2) is 10.9 Å². The topological polar surface area (TPSA) is 68.7 Å². The standard InChI is InChI=1S/C19H14BrN3O/c1-12-17(16-7-2-3-8-18(16)22-12)9-13(11-21)19(24)23-15-6-4-5-14(20)10-15/h2-10,22H,1H3,(H,23,24). The molecule has 2 aromatic carbocycles. The number of H-pyrrole nitrogens is 1. The molecule has 0 aliphatic carbocycles. The summed E-state index contributed by atoms with van der Waals surface area (Å²) in [5.41, 5.74) is 3.44. The molecule has 1 amide bonds. The summed E-state index contributed by atoms with van der Waals surface area (Å²) in [6.07, 6.45) is 1.63. The number of carbonyl (C=O) groups excluding carboxylic acids is 1. The Hall–Kier alpha value is -2.84. The maximum atomic E-state index is 12.4. The van der Waals surface area contributed by atoms with Crippen LogP contribution in [0.1, 0.15) is 11.3 Å². The number of carbonyl (C=O) groups is 1. The summed E-state index contributed by atoms with van der Waals surface area (Å²) in [6, 6.07) is 17.0. The molecule has 0 aliphatic rings. The zero-order valence-corrected chi connectivity index (χ0v) is 14.5. The molecule has 0 bridgehead atoms. The minimum Gasteiger partial charge on any atom is -0.358 e. The fourth-order valence-electron chi connectivity index (χ4n) is 2.54. The Kier molecular flexibility index (Phi) is 4.50. The molecule has 1 heterocycles. The van der Waals surface area contributed by atoms with E-state index in [4.69, 9.17) is 0 Å². The summed E-state index contributed by atoms with van der Waals surface area (Å²) in [6.45, 7) is 1.92. The zero-order chi connectivity index (χ0) is 17.1. The van der Waals surface area contributed by atoms with Crippen LogP contribution >= 0.6 is 15.9 Å². The summed E-state index contributed by atoms with van der Waals surface area (Å²) in [4.78, 5) is 15.7. The Morgan fingerprint density at radius 1 is 1.25 bits per heavy atom. The molecule has 3 rings (SSSR count). The van der Waals surface area contributed by atoms with Gasteiger partial charge in [0.15, 0.2) is 0 Å². The Balaban J connectivity index is 1.95. The summed E-state index contributed by atoms with van der Waals surface area (Å²) in [5, 5.41) is 13.1. The van der Waals surface area contributed by atoms with Crippen LogP contribution in [0.3, 0.4) is 0 Å². The van der Waals surface area contributed by atoms with Gasteiger partial charge in [-0.1, -0.05) is 40.2 Å². The van der Waals surface area contributed by atoms with Gasteiger partial charge in [0.2, 0.25) is 0 Å². The van der Waals surface area contributed by atoms with E-state index in [9.17, 15) is 10.1 Å². The third-order valence-electron chi connectivity index (χ3n) is 3.68. The molecule has 0 saturated carbocycles. The lowest BCUT2D eigenvalue weighted by atomic mass is 10.1. The molecule has 0 unspecified atom stereocenters. The number of nitrogens with zero attached hydrogens (tertiary/aromatic N) is 1. The van der Waals surface area contributed by atoms with Crippen LogP contribution in [0.2, 0.25) is 0 Å². The predicted octanol–water partition coefficient (Wildman–Crippen LogP) is 4.78. The van der Waals surface area contributed by atoms with Crippen molar-refractivity contribution in [2.45, 2.75) is 6.92 Å². The molecule has 0 fully saturated rings. The first-order valence-electron chi connectivity index (χ1n) is 7.34. The molecule has 0 atom stereocenters. The molecule has 0 spiro atoms. The molecular weight excluding hydrogens is 366 g/mol. The van der Waals surface area contributed by atoms with Crippen molar-refractivity contribution in [2.24, 2.45) is 0 Å². The Bertz CT molecular complexity index is 995. The van der Waals surface area contributed by atoms with Crippen LogP contribution in [0.15, 0.2) is 58.6 Å². The highest BCUT2D eigenvalue weighted by atomic mass is 79.9. The maximum absolute atomic E-state index is 12.4. The smallest absolute Gasteiger partial charge is 0.266 e. The van der Waals surface area contributed by atoms with E-state index in [-0.39, 0.29) is 5.57 Å². The molecule has 5 heteroatoms.